The molecule has 2 aromatic rings. The largest absolute Gasteiger partial charge is 0.497 e. The van der Waals surface area contributed by atoms with E-state index in [1.807, 2.05) is 38.1 Å². The molecule has 1 aliphatic heterocycles. The van der Waals surface area contributed by atoms with E-state index in [1.165, 1.54) is 0 Å². The number of hydrogen-bond acceptors (Lipinski definition) is 6. The zero-order valence-electron chi connectivity index (χ0n) is 16.9. The fourth-order valence-corrected chi connectivity index (χ4v) is 3.29. The van der Waals surface area contributed by atoms with Crippen molar-refractivity contribution in [3.8, 4) is 5.75 Å². The van der Waals surface area contributed by atoms with Gasteiger partial charge in [0.2, 0.25) is 5.95 Å². The number of benzene rings is 1. The number of rotatable bonds is 6. The number of anilines is 2. The SMILES string of the molecule is COc1ccc(N2CN(CCCN(C)C)Cn3c2nc(C)c(C)c3=O)cc1. The lowest BCUT2D eigenvalue weighted by Gasteiger charge is -2.38. The van der Waals surface area contributed by atoms with E-state index < -0.39 is 0 Å². The van der Waals surface area contributed by atoms with Crippen LogP contribution >= 0.6 is 0 Å². The lowest BCUT2D eigenvalue weighted by molar-refractivity contribution is 0.189. The van der Waals surface area contributed by atoms with E-state index in [0.29, 0.717) is 24.8 Å². The van der Waals surface area contributed by atoms with Crippen LogP contribution in [0.25, 0.3) is 0 Å². The van der Waals surface area contributed by atoms with Crippen molar-refractivity contribution in [2.24, 2.45) is 0 Å². The van der Waals surface area contributed by atoms with Gasteiger partial charge in [-0.2, -0.15) is 0 Å². The molecule has 0 aliphatic carbocycles. The summed E-state index contributed by atoms with van der Waals surface area (Å²) < 4.78 is 7.06. The van der Waals surface area contributed by atoms with Crippen molar-refractivity contribution in [3.05, 3.63) is 45.9 Å². The molecule has 0 N–H and O–H groups in total. The van der Waals surface area contributed by atoms with Gasteiger partial charge in [-0.25, -0.2) is 4.98 Å². The molecule has 0 saturated heterocycles. The van der Waals surface area contributed by atoms with Gasteiger partial charge in [0.25, 0.3) is 5.56 Å². The normalized spacial score (nSPS) is 14.5. The molecule has 146 valence electrons. The van der Waals surface area contributed by atoms with Crippen LogP contribution < -0.4 is 15.2 Å². The molecule has 0 radical (unpaired) electrons. The van der Waals surface area contributed by atoms with Gasteiger partial charge in [-0.15, -0.1) is 0 Å². The summed E-state index contributed by atoms with van der Waals surface area (Å²) in [5.74, 6) is 1.51. The second kappa shape index (κ2) is 8.10. The Labute approximate surface area is 160 Å². The van der Waals surface area contributed by atoms with Crippen molar-refractivity contribution in [2.45, 2.75) is 26.9 Å². The van der Waals surface area contributed by atoms with Crippen LogP contribution in [-0.2, 0) is 6.67 Å². The third-order valence-corrected chi connectivity index (χ3v) is 5.01. The zero-order chi connectivity index (χ0) is 19.6. The van der Waals surface area contributed by atoms with Crippen LogP contribution in [0.5, 0.6) is 5.75 Å². The Morgan fingerprint density at radius 2 is 1.85 bits per heavy atom. The highest BCUT2D eigenvalue weighted by molar-refractivity contribution is 5.59. The van der Waals surface area contributed by atoms with Crippen molar-refractivity contribution in [2.75, 3.05) is 45.9 Å². The van der Waals surface area contributed by atoms with E-state index in [0.717, 1.165) is 36.6 Å². The van der Waals surface area contributed by atoms with Gasteiger partial charge in [0.1, 0.15) is 5.75 Å². The summed E-state index contributed by atoms with van der Waals surface area (Å²) in [7, 11) is 5.82. The first-order chi connectivity index (χ1) is 12.9. The number of ether oxygens (including phenoxy) is 1. The highest BCUT2D eigenvalue weighted by atomic mass is 16.5. The Kier molecular flexibility index (Phi) is 5.82. The number of nitrogens with zero attached hydrogens (tertiary/aromatic N) is 5. The predicted octanol–water partition coefficient (Wildman–Crippen LogP) is 2.19. The van der Waals surface area contributed by atoms with E-state index in [4.69, 9.17) is 9.72 Å². The van der Waals surface area contributed by atoms with Crippen molar-refractivity contribution >= 4 is 11.6 Å². The number of fused-ring (bicyclic) bond motifs is 1. The molecule has 1 aliphatic rings. The highest BCUT2D eigenvalue weighted by Crippen LogP contribution is 2.29. The first-order valence-corrected chi connectivity index (χ1v) is 9.27. The first kappa shape index (κ1) is 19.4. The maximum Gasteiger partial charge on any atom is 0.259 e. The van der Waals surface area contributed by atoms with Crippen molar-refractivity contribution in [1.82, 2.24) is 19.4 Å². The average Bonchev–Trinajstić information content (AvgIpc) is 2.66. The molecule has 0 spiro atoms. The summed E-state index contributed by atoms with van der Waals surface area (Å²) in [6.45, 7) is 6.96. The number of aryl methyl sites for hydroxylation is 1. The monoisotopic (exact) mass is 371 g/mol. The second-order valence-electron chi connectivity index (χ2n) is 7.32. The van der Waals surface area contributed by atoms with E-state index in [-0.39, 0.29) is 5.56 Å². The minimum atomic E-state index is 0.0355. The topological polar surface area (TPSA) is 53.8 Å². The Morgan fingerprint density at radius 3 is 2.48 bits per heavy atom. The predicted molar refractivity (Wildman–Crippen MR) is 108 cm³/mol. The van der Waals surface area contributed by atoms with Crippen LogP contribution in [0.15, 0.2) is 29.1 Å². The minimum Gasteiger partial charge on any atom is -0.497 e. The molecule has 7 nitrogen and oxygen atoms in total. The first-order valence-electron chi connectivity index (χ1n) is 9.27. The van der Waals surface area contributed by atoms with Crippen LogP contribution in [-0.4, -0.2) is 60.3 Å². The third kappa shape index (κ3) is 4.14. The minimum absolute atomic E-state index is 0.0355. The van der Waals surface area contributed by atoms with Crippen LogP contribution in [0, 0.1) is 13.8 Å². The van der Waals surface area contributed by atoms with Gasteiger partial charge >= 0.3 is 0 Å². The van der Waals surface area contributed by atoms with Crippen molar-refractivity contribution in [3.63, 3.8) is 0 Å². The van der Waals surface area contributed by atoms with Crippen molar-refractivity contribution in [1.29, 1.82) is 0 Å². The molecule has 1 aromatic heterocycles. The molecule has 3 rings (SSSR count). The fourth-order valence-electron chi connectivity index (χ4n) is 3.29. The molecule has 0 amide bonds. The molecule has 0 unspecified atom stereocenters. The molecule has 1 aromatic carbocycles. The zero-order valence-corrected chi connectivity index (χ0v) is 16.9. The van der Waals surface area contributed by atoms with Gasteiger partial charge in [0, 0.05) is 23.5 Å². The van der Waals surface area contributed by atoms with E-state index in [2.05, 4.69) is 28.8 Å². The van der Waals surface area contributed by atoms with Gasteiger partial charge in [-0.05, 0) is 65.2 Å². The van der Waals surface area contributed by atoms with Crippen LogP contribution in [0.2, 0.25) is 0 Å². The molecular weight excluding hydrogens is 342 g/mol. The van der Waals surface area contributed by atoms with Crippen LogP contribution in [0.4, 0.5) is 11.6 Å². The third-order valence-electron chi connectivity index (χ3n) is 5.01. The van der Waals surface area contributed by atoms with Gasteiger partial charge in [-0.3, -0.25) is 19.2 Å². The van der Waals surface area contributed by atoms with Gasteiger partial charge < -0.3 is 9.64 Å². The van der Waals surface area contributed by atoms with E-state index in [1.54, 1.807) is 11.7 Å². The van der Waals surface area contributed by atoms with Gasteiger partial charge in [0.05, 0.1) is 20.4 Å². The summed E-state index contributed by atoms with van der Waals surface area (Å²) in [6, 6.07) is 7.88. The summed E-state index contributed by atoms with van der Waals surface area (Å²) >= 11 is 0. The summed E-state index contributed by atoms with van der Waals surface area (Å²) in [5, 5.41) is 0. The van der Waals surface area contributed by atoms with Crippen molar-refractivity contribution < 1.29 is 4.74 Å². The summed E-state index contributed by atoms with van der Waals surface area (Å²) in [6.07, 6.45) is 1.05. The quantitative estimate of drug-likeness (QED) is 0.776. The van der Waals surface area contributed by atoms with Crippen LogP contribution in [0.3, 0.4) is 0 Å². The summed E-state index contributed by atoms with van der Waals surface area (Å²) in [5.41, 5.74) is 2.53. The average molecular weight is 371 g/mol. The molecule has 27 heavy (non-hydrogen) atoms. The second-order valence-corrected chi connectivity index (χ2v) is 7.32. The highest BCUT2D eigenvalue weighted by Gasteiger charge is 2.27. The smallest absolute Gasteiger partial charge is 0.259 e. The fraction of sp³-hybridized carbons (Fsp3) is 0.500. The lowest BCUT2D eigenvalue weighted by Crippen LogP contribution is -2.48. The molecule has 0 saturated carbocycles. The Hall–Kier alpha value is -2.38. The number of aromatic nitrogens is 2. The summed E-state index contributed by atoms with van der Waals surface area (Å²) in [4.78, 5) is 24.2. The number of methoxy groups -OCH3 is 1. The molecule has 0 bridgehead atoms. The Morgan fingerprint density at radius 1 is 1.15 bits per heavy atom. The Bertz CT molecular complexity index is 845. The van der Waals surface area contributed by atoms with Crippen LogP contribution in [0.1, 0.15) is 17.7 Å². The maximum atomic E-state index is 12.9. The lowest BCUT2D eigenvalue weighted by atomic mass is 10.2. The molecule has 0 fully saturated rings. The number of hydrogen-bond donors (Lipinski definition) is 0. The Balaban J connectivity index is 1.96. The van der Waals surface area contributed by atoms with E-state index in [9.17, 15) is 4.79 Å². The molecular formula is C20H29N5O2. The molecule has 2 heterocycles. The van der Waals surface area contributed by atoms with Gasteiger partial charge in [0.15, 0.2) is 0 Å². The van der Waals surface area contributed by atoms with Gasteiger partial charge in [-0.1, -0.05) is 0 Å². The maximum absolute atomic E-state index is 12.9. The standard InChI is InChI=1S/C20H29N5O2/c1-15-16(2)21-20-24(17-7-9-18(27-5)10-8-17)13-23(12-6-11-22(3)4)14-25(20)19(15)26/h7-10H,6,11-14H2,1-5H3. The molecule has 7 heteroatoms. The van der Waals surface area contributed by atoms with E-state index >= 15 is 0 Å². The molecule has 0 atom stereocenters.